The van der Waals surface area contributed by atoms with E-state index in [4.69, 9.17) is 21.1 Å². The highest BCUT2D eigenvalue weighted by atomic mass is 35.5. The molecule has 0 radical (unpaired) electrons. The molecule has 2 aromatic carbocycles. The lowest BCUT2D eigenvalue weighted by atomic mass is 9.75. The van der Waals surface area contributed by atoms with Crippen molar-refractivity contribution in [3.05, 3.63) is 89.2 Å². The molecule has 2 bridgehead atoms. The lowest BCUT2D eigenvalue weighted by molar-refractivity contribution is -0.131. The Morgan fingerprint density at radius 1 is 0.951 bits per heavy atom. The molecule has 3 aliphatic heterocycles. The number of hydrogen-bond acceptors (Lipinski definition) is 5. The Balaban J connectivity index is 1.31. The maximum Gasteiger partial charge on any atom is 0.257 e. The van der Waals surface area contributed by atoms with Gasteiger partial charge in [-0.1, -0.05) is 48.4 Å². The Morgan fingerprint density at radius 3 is 2.56 bits per heavy atom. The third kappa shape index (κ3) is 7.59. The van der Waals surface area contributed by atoms with E-state index in [9.17, 15) is 9.59 Å². The quantitative estimate of drug-likeness (QED) is 0.357. The predicted molar refractivity (Wildman–Crippen MR) is 159 cm³/mol. The molecule has 0 N–H and O–H groups in total. The number of benzene rings is 2. The van der Waals surface area contributed by atoms with Crippen LogP contribution in [0, 0.1) is 5.41 Å². The van der Waals surface area contributed by atoms with E-state index < -0.39 is 0 Å². The topological polar surface area (TPSA) is 72.0 Å². The second-order valence-electron chi connectivity index (χ2n) is 11.0. The number of amides is 2. The van der Waals surface area contributed by atoms with Gasteiger partial charge in [-0.25, -0.2) is 0 Å². The highest BCUT2D eigenvalue weighted by molar-refractivity contribution is 6.31. The molecule has 8 heteroatoms. The second-order valence-corrected chi connectivity index (χ2v) is 11.5. The molecule has 41 heavy (non-hydrogen) atoms. The van der Waals surface area contributed by atoms with Crippen molar-refractivity contribution < 1.29 is 19.1 Å². The van der Waals surface area contributed by atoms with Crippen molar-refractivity contribution in [3.63, 3.8) is 0 Å². The van der Waals surface area contributed by atoms with Gasteiger partial charge in [0.05, 0.1) is 24.9 Å². The van der Waals surface area contributed by atoms with Crippen LogP contribution >= 0.6 is 11.6 Å². The molecular formula is C33H38ClN3O4. The average molecular weight is 576 g/mol. The van der Waals surface area contributed by atoms with E-state index in [0.717, 1.165) is 43.4 Å². The lowest BCUT2D eigenvalue weighted by Crippen LogP contribution is -2.45. The summed E-state index contributed by atoms with van der Waals surface area (Å²) in [5, 5.41) is 0.686. The maximum atomic E-state index is 13.6. The van der Waals surface area contributed by atoms with Crippen molar-refractivity contribution in [2.75, 3.05) is 39.4 Å². The van der Waals surface area contributed by atoms with Gasteiger partial charge in [0.2, 0.25) is 5.91 Å². The number of aryl methyl sites for hydroxylation is 1. The maximum absolute atomic E-state index is 13.6. The van der Waals surface area contributed by atoms with Crippen LogP contribution in [0.1, 0.15) is 54.4 Å². The first-order valence-electron chi connectivity index (χ1n) is 14.6. The van der Waals surface area contributed by atoms with E-state index in [2.05, 4.69) is 4.98 Å². The molecule has 1 saturated heterocycles. The summed E-state index contributed by atoms with van der Waals surface area (Å²) in [5.74, 6) is 1.40. The molecule has 6 rings (SSSR count). The Bertz CT molecular complexity index is 1310. The number of aromatic nitrogens is 1. The average Bonchev–Trinajstić information content (AvgIpc) is 3.02. The van der Waals surface area contributed by atoms with E-state index in [1.54, 1.807) is 12.4 Å². The van der Waals surface area contributed by atoms with Crippen LogP contribution in [-0.4, -0.2) is 66.0 Å². The summed E-state index contributed by atoms with van der Waals surface area (Å²) in [6.07, 6.45) is 9.03. The second kappa shape index (κ2) is 13.9. The van der Waals surface area contributed by atoms with Gasteiger partial charge in [0.1, 0.15) is 18.1 Å². The summed E-state index contributed by atoms with van der Waals surface area (Å²) in [6, 6.07) is 18.9. The molecule has 1 fully saturated rings. The molecule has 0 saturated carbocycles. The van der Waals surface area contributed by atoms with Gasteiger partial charge >= 0.3 is 0 Å². The first-order chi connectivity index (χ1) is 20.0. The van der Waals surface area contributed by atoms with Crippen LogP contribution in [0.15, 0.2) is 73.1 Å². The number of pyridine rings is 1. The van der Waals surface area contributed by atoms with Crippen molar-refractivity contribution in [1.29, 1.82) is 0 Å². The number of rotatable bonds is 6. The Morgan fingerprint density at radius 2 is 1.76 bits per heavy atom. The normalized spacial score (nSPS) is 17.6. The van der Waals surface area contributed by atoms with Gasteiger partial charge in [-0.2, -0.15) is 0 Å². The van der Waals surface area contributed by atoms with Crippen LogP contribution in [-0.2, 0) is 11.2 Å². The van der Waals surface area contributed by atoms with Crippen molar-refractivity contribution in [2.45, 2.75) is 44.9 Å². The number of carbonyl (C=O) groups is 2. The van der Waals surface area contributed by atoms with Gasteiger partial charge in [-0.3, -0.25) is 14.6 Å². The lowest BCUT2D eigenvalue weighted by Gasteiger charge is -2.42. The highest BCUT2D eigenvalue weighted by Gasteiger charge is 2.37. The van der Waals surface area contributed by atoms with Gasteiger partial charge < -0.3 is 19.3 Å². The number of halogens is 1. The monoisotopic (exact) mass is 575 g/mol. The summed E-state index contributed by atoms with van der Waals surface area (Å²) in [5.41, 5.74) is 1.51. The van der Waals surface area contributed by atoms with Gasteiger partial charge in [-0.15, -0.1) is 0 Å². The number of piperidine rings is 1. The molecule has 2 amide bonds. The predicted octanol–water partition coefficient (Wildman–Crippen LogP) is 6.06. The van der Waals surface area contributed by atoms with E-state index in [1.807, 2.05) is 70.5 Å². The summed E-state index contributed by atoms with van der Waals surface area (Å²) in [6.45, 7) is 3.39. The SMILES string of the molecule is O=C(CCc1ccccc1Cl)N1CCCCC2(COc3cccnc3)CCN(CC2)C(=O)c2ccccc2OCC1. The molecule has 3 aromatic rings. The van der Waals surface area contributed by atoms with Crippen molar-refractivity contribution in [1.82, 2.24) is 14.8 Å². The van der Waals surface area contributed by atoms with E-state index in [0.29, 0.717) is 68.6 Å². The Labute approximate surface area is 247 Å². The number of ether oxygens (including phenoxy) is 2. The van der Waals surface area contributed by atoms with Gasteiger partial charge in [-0.05, 0) is 68.0 Å². The zero-order chi connectivity index (χ0) is 28.5. The molecule has 0 aliphatic carbocycles. The number of fused-ring (bicyclic) bond motifs is 9. The third-order valence-electron chi connectivity index (χ3n) is 8.33. The fourth-order valence-electron chi connectivity index (χ4n) is 5.79. The van der Waals surface area contributed by atoms with Gasteiger partial charge in [0.15, 0.2) is 0 Å². The Kier molecular flexibility index (Phi) is 9.78. The molecular weight excluding hydrogens is 538 g/mol. The van der Waals surface area contributed by atoms with Crippen molar-refractivity contribution in [2.24, 2.45) is 5.41 Å². The number of nitrogens with zero attached hydrogens (tertiary/aromatic N) is 3. The number of hydrogen-bond donors (Lipinski definition) is 0. The minimum absolute atomic E-state index is 0.00933. The zero-order valence-electron chi connectivity index (χ0n) is 23.5. The standard InChI is InChI=1S/C33H38ClN3O4/c34-29-11-3-1-8-26(29)13-14-31(38)36-19-6-5-15-33(25-41-27-9-7-18-35-24-27)16-20-37(21-17-33)32(39)28-10-2-4-12-30(28)40-23-22-36/h1-4,7-12,18,24H,5-6,13-17,19-23,25H2. The summed E-state index contributed by atoms with van der Waals surface area (Å²) >= 11 is 6.34. The molecule has 4 heterocycles. The van der Waals surface area contributed by atoms with E-state index >= 15 is 0 Å². The minimum Gasteiger partial charge on any atom is -0.491 e. The molecule has 7 nitrogen and oxygen atoms in total. The van der Waals surface area contributed by atoms with Gasteiger partial charge in [0, 0.05) is 42.7 Å². The van der Waals surface area contributed by atoms with E-state index in [1.165, 1.54) is 0 Å². The molecule has 3 aliphatic rings. The molecule has 0 unspecified atom stereocenters. The highest BCUT2D eigenvalue weighted by Crippen LogP contribution is 2.38. The van der Waals surface area contributed by atoms with Crippen LogP contribution in [0.2, 0.25) is 5.02 Å². The molecule has 0 spiro atoms. The van der Waals surface area contributed by atoms with Crippen LogP contribution in [0.5, 0.6) is 11.5 Å². The number of carbonyl (C=O) groups excluding carboxylic acids is 2. The summed E-state index contributed by atoms with van der Waals surface area (Å²) in [7, 11) is 0. The largest absolute Gasteiger partial charge is 0.491 e. The van der Waals surface area contributed by atoms with Crippen LogP contribution in [0.3, 0.4) is 0 Å². The third-order valence-corrected chi connectivity index (χ3v) is 8.70. The first kappa shape index (κ1) is 28.9. The summed E-state index contributed by atoms with van der Waals surface area (Å²) in [4.78, 5) is 35.0. The van der Waals surface area contributed by atoms with Crippen LogP contribution in [0.4, 0.5) is 0 Å². The smallest absolute Gasteiger partial charge is 0.257 e. The van der Waals surface area contributed by atoms with Crippen LogP contribution in [0.25, 0.3) is 0 Å². The molecule has 216 valence electrons. The van der Waals surface area contributed by atoms with E-state index in [-0.39, 0.29) is 17.2 Å². The zero-order valence-corrected chi connectivity index (χ0v) is 24.2. The number of para-hydroxylation sites is 1. The fourth-order valence-corrected chi connectivity index (χ4v) is 6.02. The molecule has 1 aromatic heterocycles. The van der Waals surface area contributed by atoms with Gasteiger partial charge in [0.25, 0.3) is 5.91 Å². The molecule has 0 atom stereocenters. The Hall–Kier alpha value is -3.58. The minimum atomic E-state index is -0.0400. The summed E-state index contributed by atoms with van der Waals surface area (Å²) < 4.78 is 12.3. The van der Waals surface area contributed by atoms with Crippen molar-refractivity contribution in [3.8, 4) is 11.5 Å². The van der Waals surface area contributed by atoms with Crippen molar-refractivity contribution >= 4 is 23.4 Å². The first-order valence-corrected chi connectivity index (χ1v) is 15.0. The van der Waals surface area contributed by atoms with Crippen LogP contribution < -0.4 is 9.47 Å². The fraction of sp³-hybridized carbons (Fsp3) is 0.424.